The van der Waals surface area contributed by atoms with Gasteiger partial charge in [0.2, 0.25) is 5.91 Å². The van der Waals surface area contributed by atoms with Crippen molar-refractivity contribution in [2.45, 2.75) is 25.8 Å². The van der Waals surface area contributed by atoms with E-state index in [4.69, 9.17) is 17.3 Å². The van der Waals surface area contributed by atoms with Crippen molar-refractivity contribution in [3.05, 3.63) is 64.7 Å². The van der Waals surface area contributed by atoms with Crippen LogP contribution in [0.5, 0.6) is 0 Å². The standard InChI is InChI=1S/C18H21ClN2O.ClH/c1-13(11-14-3-7-16(19)8-4-14)21(2)18(22)12-15-5-9-17(20)10-6-15;/h3-10,13H,11-12,20H2,1-2H3;1H. The third kappa shape index (κ3) is 5.77. The van der Waals surface area contributed by atoms with Crippen LogP contribution in [0, 0.1) is 0 Å². The van der Waals surface area contributed by atoms with Crippen LogP contribution in [0.25, 0.3) is 0 Å². The highest BCUT2D eigenvalue weighted by Crippen LogP contribution is 2.14. The Labute approximate surface area is 148 Å². The summed E-state index contributed by atoms with van der Waals surface area (Å²) in [5.41, 5.74) is 8.51. The second-order valence-corrected chi connectivity index (χ2v) is 6.04. The van der Waals surface area contributed by atoms with Gasteiger partial charge in [-0.3, -0.25) is 4.79 Å². The lowest BCUT2D eigenvalue weighted by Crippen LogP contribution is -2.37. The molecule has 2 rings (SSSR count). The van der Waals surface area contributed by atoms with Crippen LogP contribution in [0.3, 0.4) is 0 Å². The van der Waals surface area contributed by atoms with Crippen molar-refractivity contribution in [2.75, 3.05) is 12.8 Å². The zero-order valence-corrected chi connectivity index (χ0v) is 14.9. The van der Waals surface area contributed by atoms with E-state index < -0.39 is 0 Å². The molecule has 0 bridgehead atoms. The number of hydrogen-bond donors (Lipinski definition) is 1. The van der Waals surface area contributed by atoms with E-state index in [1.807, 2.05) is 55.6 Å². The Balaban J connectivity index is 0.00000264. The van der Waals surface area contributed by atoms with Gasteiger partial charge in [-0.1, -0.05) is 35.9 Å². The van der Waals surface area contributed by atoms with Crippen LogP contribution in [0.4, 0.5) is 5.69 Å². The zero-order chi connectivity index (χ0) is 16.1. The molecule has 2 aromatic rings. The molecule has 0 aromatic heterocycles. The number of halogens is 2. The minimum atomic E-state index is 0. The molecule has 5 heteroatoms. The maximum atomic E-state index is 12.4. The van der Waals surface area contributed by atoms with Crippen LogP contribution < -0.4 is 5.73 Å². The van der Waals surface area contributed by atoms with E-state index in [-0.39, 0.29) is 24.4 Å². The first kappa shape index (κ1) is 19.3. The SMILES string of the molecule is CC(Cc1ccc(Cl)cc1)N(C)C(=O)Cc1ccc(N)cc1.Cl. The van der Waals surface area contributed by atoms with Gasteiger partial charge in [-0.2, -0.15) is 0 Å². The Kier molecular flexibility index (Phi) is 7.40. The predicted octanol–water partition coefficient (Wildman–Crippen LogP) is 3.98. The quantitative estimate of drug-likeness (QED) is 0.827. The van der Waals surface area contributed by atoms with Crippen molar-refractivity contribution in [1.82, 2.24) is 4.90 Å². The van der Waals surface area contributed by atoms with Gasteiger partial charge in [-0.25, -0.2) is 0 Å². The van der Waals surface area contributed by atoms with Gasteiger partial charge in [0.1, 0.15) is 0 Å². The van der Waals surface area contributed by atoms with Crippen molar-refractivity contribution in [3.63, 3.8) is 0 Å². The summed E-state index contributed by atoms with van der Waals surface area (Å²) in [7, 11) is 1.85. The Morgan fingerprint density at radius 1 is 1.09 bits per heavy atom. The molecular formula is C18H22Cl2N2O. The van der Waals surface area contributed by atoms with Gasteiger partial charge >= 0.3 is 0 Å². The van der Waals surface area contributed by atoms with Gasteiger partial charge in [0.05, 0.1) is 6.42 Å². The fraction of sp³-hybridized carbons (Fsp3) is 0.278. The van der Waals surface area contributed by atoms with Gasteiger partial charge in [-0.05, 0) is 48.7 Å². The molecule has 1 amide bonds. The summed E-state index contributed by atoms with van der Waals surface area (Å²) < 4.78 is 0. The summed E-state index contributed by atoms with van der Waals surface area (Å²) in [6.45, 7) is 2.05. The number of carbonyl (C=O) groups is 1. The molecule has 0 fully saturated rings. The average Bonchev–Trinajstić information content (AvgIpc) is 2.51. The Bertz CT molecular complexity index is 626. The number of nitrogens with two attached hydrogens (primary N) is 1. The first-order valence-electron chi connectivity index (χ1n) is 7.30. The van der Waals surface area contributed by atoms with E-state index in [1.165, 1.54) is 5.56 Å². The van der Waals surface area contributed by atoms with E-state index in [9.17, 15) is 4.79 Å². The van der Waals surface area contributed by atoms with E-state index in [2.05, 4.69) is 6.92 Å². The molecule has 0 aliphatic heterocycles. The van der Waals surface area contributed by atoms with Gasteiger partial charge < -0.3 is 10.6 Å². The molecule has 2 N–H and O–H groups in total. The highest BCUT2D eigenvalue weighted by atomic mass is 35.5. The zero-order valence-electron chi connectivity index (χ0n) is 13.3. The summed E-state index contributed by atoms with van der Waals surface area (Å²) in [6, 6.07) is 15.3. The molecule has 0 aliphatic carbocycles. The fourth-order valence-electron chi connectivity index (χ4n) is 2.28. The number of nitrogens with zero attached hydrogens (tertiary/aromatic N) is 1. The largest absolute Gasteiger partial charge is 0.399 e. The van der Waals surface area contributed by atoms with Crippen LogP contribution in [0.1, 0.15) is 18.1 Å². The average molecular weight is 353 g/mol. The van der Waals surface area contributed by atoms with Gasteiger partial charge in [0.15, 0.2) is 0 Å². The molecule has 0 aliphatic rings. The fourth-order valence-corrected chi connectivity index (χ4v) is 2.41. The van der Waals surface area contributed by atoms with Crippen molar-refractivity contribution in [2.24, 2.45) is 0 Å². The highest BCUT2D eigenvalue weighted by Gasteiger charge is 2.16. The number of likely N-dealkylation sites (N-methyl/N-ethyl adjacent to an activating group) is 1. The maximum Gasteiger partial charge on any atom is 0.226 e. The molecule has 124 valence electrons. The monoisotopic (exact) mass is 352 g/mol. The molecule has 2 aromatic carbocycles. The lowest BCUT2D eigenvalue weighted by molar-refractivity contribution is -0.130. The first-order chi connectivity index (χ1) is 10.5. The number of anilines is 1. The molecule has 3 nitrogen and oxygen atoms in total. The third-order valence-electron chi connectivity index (χ3n) is 3.83. The smallest absolute Gasteiger partial charge is 0.226 e. The molecule has 0 radical (unpaired) electrons. The van der Waals surface area contributed by atoms with Crippen LogP contribution in [-0.2, 0) is 17.6 Å². The van der Waals surface area contributed by atoms with Gasteiger partial charge in [0.25, 0.3) is 0 Å². The predicted molar refractivity (Wildman–Crippen MR) is 99.2 cm³/mol. The summed E-state index contributed by atoms with van der Waals surface area (Å²) in [5, 5.41) is 0.726. The Hall–Kier alpha value is -1.71. The minimum absolute atomic E-state index is 0. The summed E-state index contributed by atoms with van der Waals surface area (Å²) in [6.07, 6.45) is 1.20. The lowest BCUT2D eigenvalue weighted by atomic mass is 10.1. The second-order valence-electron chi connectivity index (χ2n) is 5.60. The number of rotatable bonds is 5. The molecule has 0 spiro atoms. The van der Waals surface area contributed by atoms with E-state index in [0.29, 0.717) is 12.1 Å². The highest BCUT2D eigenvalue weighted by molar-refractivity contribution is 6.30. The first-order valence-corrected chi connectivity index (χ1v) is 7.68. The van der Waals surface area contributed by atoms with Crippen LogP contribution >= 0.6 is 24.0 Å². The maximum absolute atomic E-state index is 12.4. The van der Waals surface area contributed by atoms with Crippen LogP contribution in [0.15, 0.2) is 48.5 Å². The number of benzene rings is 2. The van der Waals surface area contributed by atoms with E-state index in [1.54, 1.807) is 4.90 Å². The summed E-state index contributed by atoms with van der Waals surface area (Å²) in [4.78, 5) is 14.2. The minimum Gasteiger partial charge on any atom is -0.399 e. The van der Waals surface area contributed by atoms with Crippen molar-refractivity contribution in [3.8, 4) is 0 Å². The van der Waals surface area contributed by atoms with Gasteiger partial charge in [-0.15, -0.1) is 12.4 Å². The Morgan fingerprint density at radius 2 is 1.61 bits per heavy atom. The number of hydrogen-bond acceptors (Lipinski definition) is 2. The summed E-state index contributed by atoms with van der Waals surface area (Å²) in [5.74, 6) is 0.103. The topological polar surface area (TPSA) is 46.3 Å². The molecule has 1 unspecified atom stereocenters. The molecule has 1 atom stereocenters. The Morgan fingerprint density at radius 3 is 2.17 bits per heavy atom. The molecular weight excluding hydrogens is 331 g/mol. The molecule has 23 heavy (non-hydrogen) atoms. The van der Waals surface area contributed by atoms with Crippen molar-refractivity contribution < 1.29 is 4.79 Å². The number of carbonyl (C=O) groups excluding carboxylic acids is 1. The second kappa shape index (κ2) is 8.80. The van der Waals surface area contributed by atoms with Gasteiger partial charge in [0, 0.05) is 23.8 Å². The number of amides is 1. The van der Waals surface area contributed by atoms with Crippen molar-refractivity contribution >= 4 is 35.6 Å². The van der Waals surface area contributed by atoms with Crippen LogP contribution in [-0.4, -0.2) is 23.9 Å². The van der Waals surface area contributed by atoms with E-state index >= 15 is 0 Å². The molecule has 0 heterocycles. The summed E-state index contributed by atoms with van der Waals surface area (Å²) >= 11 is 5.89. The normalized spacial score (nSPS) is 11.4. The van der Waals surface area contributed by atoms with Crippen LogP contribution in [0.2, 0.25) is 5.02 Å². The van der Waals surface area contributed by atoms with Crippen molar-refractivity contribution in [1.29, 1.82) is 0 Å². The lowest BCUT2D eigenvalue weighted by Gasteiger charge is -2.25. The molecule has 0 saturated heterocycles. The van der Waals surface area contributed by atoms with E-state index in [0.717, 1.165) is 17.0 Å². The molecule has 0 saturated carbocycles. The third-order valence-corrected chi connectivity index (χ3v) is 4.09. The number of nitrogen functional groups attached to an aromatic ring is 1.